The first-order valence-electron chi connectivity index (χ1n) is 7.81. The van der Waals surface area contributed by atoms with Gasteiger partial charge >= 0.3 is 5.69 Å². The van der Waals surface area contributed by atoms with Crippen molar-refractivity contribution >= 4 is 27.3 Å². The second-order valence-electron chi connectivity index (χ2n) is 5.88. The number of anilines is 1. The molecule has 0 aliphatic rings. The van der Waals surface area contributed by atoms with E-state index in [2.05, 4.69) is 5.32 Å². The van der Waals surface area contributed by atoms with E-state index in [9.17, 15) is 23.3 Å². The monoisotopic (exact) mass is 393 g/mol. The lowest BCUT2D eigenvalue weighted by atomic mass is 10.2. The predicted octanol–water partition coefficient (Wildman–Crippen LogP) is 2.17. The second-order valence-corrected chi connectivity index (χ2v) is 8.03. The van der Waals surface area contributed by atoms with Crippen molar-refractivity contribution in [2.75, 3.05) is 26.0 Å². The van der Waals surface area contributed by atoms with Crippen LogP contribution < -0.4 is 10.1 Å². The van der Waals surface area contributed by atoms with Crippen LogP contribution in [-0.2, 0) is 14.8 Å². The average molecular weight is 393 g/mol. The van der Waals surface area contributed by atoms with Gasteiger partial charge in [0.2, 0.25) is 10.0 Å². The van der Waals surface area contributed by atoms with Gasteiger partial charge in [-0.15, -0.1) is 0 Å². The number of carbonyl (C=O) groups excluding carboxylic acids is 1. The van der Waals surface area contributed by atoms with Crippen LogP contribution in [0.2, 0.25) is 0 Å². The zero-order valence-electron chi connectivity index (χ0n) is 15.0. The lowest BCUT2D eigenvalue weighted by molar-refractivity contribution is -0.385. The van der Waals surface area contributed by atoms with E-state index in [-0.39, 0.29) is 22.0 Å². The molecule has 0 atom stereocenters. The maximum Gasteiger partial charge on any atom is 0.311 e. The summed E-state index contributed by atoms with van der Waals surface area (Å²) in [7, 11) is -0.823. The van der Waals surface area contributed by atoms with Crippen LogP contribution >= 0.6 is 0 Å². The van der Waals surface area contributed by atoms with Crippen LogP contribution in [0.25, 0.3) is 0 Å². The number of aryl methyl sites for hydroxylation is 1. The van der Waals surface area contributed by atoms with Gasteiger partial charge in [-0.1, -0.05) is 12.1 Å². The van der Waals surface area contributed by atoms with Crippen molar-refractivity contribution in [3.8, 4) is 5.75 Å². The van der Waals surface area contributed by atoms with Gasteiger partial charge in [-0.05, 0) is 36.8 Å². The first-order valence-corrected chi connectivity index (χ1v) is 9.25. The van der Waals surface area contributed by atoms with Crippen molar-refractivity contribution < 1.29 is 22.9 Å². The molecule has 0 spiro atoms. The molecule has 0 aliphatic carbocycles. The Hall–Kier alpha value is -2.98. The van der Waals surface area contributed by atoms with Crippen molar-refractivity contribution in [1.82, 2.24) is 4.31 Å². The summed E-state index contributed by atoms with van der Waals surface area (Å²) in [4.78, 5) is 22.6. The van der Waals surface area contributed by atoms with Crippen LogP contribution in [0.5, 0.6) is 5.75 Å². The number of nitro benzene ring substituents is 1. The van der Waals surface area contributed by atoms with Gasteiger partial charge in [0, 0.05) is 25.8 Å². The topological polar surface area (TPSA) is 119 Å². The first-order chi connectivity index (χ1) is 12.6. The van der Waals surface area contributed by atoms with Gasteiger partial charge < -0.3 is 10.1 Å². The quantitative estimate of drug-likeness (QED) is 0.569. The molecule has 10 heteroatoms. The molecule has 0 bridgehead atoms. The maximum atomic E-state index is 12.1. The number of amides is 1. The highest BCUT2D eigenvalue weighted by atomic mass is 32.2. The molecule has 0 unspecified atom stereocenters. The number of carbonyl (C=O) groups is 1. The molecule has 1 N–H and O–H groups in total. The van der Waals surface area contributed by atoms with E-state index in [0.717, 1.165) is 4.31 Å². The summed E-state index contributed by atoms with van der Waals surface area (Å²) >= 11 is 0. The molecule has 0 heterocycles. The Morgan fingerprint density at radius 1 is 1.22 bits per heavy atom. The van der Waals surface area contributed by atoms with E-state index in [1.807, 2.05) is 0 Å². The third kappa shape index (κ3) is 5.02. The van der Waals surface area contributed by atoms with Crippen molar-refractivity contribution in [1.29, 1.82) is 0 Å². The minimum atomic E-state index is -3.63. The molecule has 0 saturated carbocycles. The van der Waals surface area contributed by atoms with E-state index in [0.29, 0.717) is 5.56 Å². The van der Waals surface area contributed by atoms with Crippen LogP contribution in [0, 0.1) is 17.0 Å². The Morgan fingerprint density at radius 3 is 2.56 bits per heavy atom. The molecule has 0 aliphatic heterocycles. The SMILES string of the molecule is Cc1ccc(OCC(=O)Nc2cccc(S(=O)(=O)N(C)C)c2)c([N+](=O)[O-])c1. The molecule has 0 fully saturated rings. The molecule has 27 heavy (non-hydrogen) atoms. The highest BCUT2D eigenvalue weighted by Gasteiger charge is 2.19. The lowest BCUT2D eigenvalue weighted by Crippen LogP contribution is -2.23. The van der Waals surface area contributed by atoms with Gasteiger partial charge in [0.1, 0.15) is 0 Å². The van der Waals surface area contributed by atoms with Gasteiger partial charge in [0.05, 0.1) is 9.82 Å². The van der Waals surface area contributed by atoms with Crippen LogP contribution in [0.15, 0.2) is 47.4 Å². The van der Waals surface area contributed by atoms with Gasteiger partial charge in [-0.25, -0.2) is 12.7 Å². The molecule has 0 aromatic heterocycles. The zero-order valence-corrected chi connectivity index (χ0v) is 15.8. The smallest absolute Gasteiger partial charge is 0.311 e. The zero-order chi connectivity index (χ0) is 20.2. The van der Waals surface area contributed by atoms with E-state index in [1.54, 1.807) is 13.0 Å². The number of rotatable bonds is 7. The van der Waals surface area contributed by atoms with Crippen molar-refractivity contribution in [3.63, 3.8) is 0 Å². The molecule has 144 valence electrons. The molecular weight excluding hydrogens is 374 g/mol. The lowest BCUT2D eigenvalue weighted by Gasteiger charge is -2.13. The number of sulfonamides is 1. The minimum Gasteiger partial charge on any atom is -0.477 e. The molecule has 1 amide bonds. The minimum absolute atomic E-state index is 0.0234. The summed E-state index contributed by atoms with van der Waals surface area (Å²) in [5.41, 5.74) is 0.726. The average Bonchev–Trinajstić information content (AvgIpc) is 2.60. The fraction of sp³-hybridized carbons (Fsp3) is 0.235. The predicted molar refractivity (Wildman–Crippen MR) is 99.3 cm³/mol. The van der Waals surface area contributed by atoms with Gasteiger partial charge in [0.25, 0.3) is 5.91 Å². The molecular formula is C17H19N3O6S. The van der Waals surface area contributed by atoms with Crippen molar-refractivity contribution in [2.24, 2.45) is 0 Å². The Balaban J connectivity index is 2.08. The highest BCUT2D eigenvalue weighted by molar-refractivity contribution is 7.89. The van der Waals surface area contributed by atoms with Crippen LogP contribution in [-0.4, -0.2) is 44.3 Å². The van der Waals surface area contributed by atoms with E-state index in [1.165, 1.54) is 50.5 Å². The first kappa shape index (κ1) is 20.3. The molecule has 9 nitrogen and oxygen atoms in total. The number of nitro groups is 1. The molecule has 2 aromatic carbocycles. The van der Waals surface area contributed by atoms with Gasteiger partial charge in [0.15, 0.2) is 12.4 Å². The summed E-state index contributed by atoms with van der Waals surface area (Å²) in [5, 5.41) is 13.6. The third-order valence-corrected chi connectivity index (χ3v) is 5.38. The molecule has 2 rings (SSSR count). The van der Waals surface area contributed by atoms with Crippen molar-refractivity contribution in [2.45, 2.75) is 11.8 Å². The number of hydrogen-bond acceptors (Lipinski definition) is 6. The largest absolute Gasteiger partial charge is 0.477 e. The maximum absolute atomic E-state index is 12.1. The van der Waals surface area contributed by atoms with Crippen LogP contribution in [0.4, 0.5) is 11.4 Å². The fourth-order valence-electron chi connectivity index (χ4n) is 2.18. The summed E-state index contributed by atoms with van der Waals surface area (Å²) < 4.78 is 30.6. The number of ether oxygens (including phenoxy) is 1. The summed E-state index contributed by atoms with van der Waals surface area (Å²) in [6.45, 7) is 1.24. The highest BCUT2D eigenvalue weighted by Crippen LogP contribution is 2.27. The van der Waals surface area contributed by atoms with Crippen molar-refractivity contribution in [3.05, 3.63) is 58.1 Å². The Bertz CT molecular complexity index is 972. The molecule has 2 aromatic rings. The summed E-state index contributed by atoms with van der Waals surface area (Å²) in [6.07, 6.45) is 0. The van der Waals surface area contributed by atoms with E-state index >= 15 is 0 Å². The summed E-state index contributed by atoms with van der Waals surface area (Å²) in [6, 6.07) is 10.2. The number of benzene rings is 2. The van der Waals surface area contributed by atoms with Gasteiger partial charge in [-0.2, -0.15) is 0 Å². The van der Waals surface area contributed by atoms with Crippen LogP contribution in [0.1, 0.15) is 5.56 Å². The third-order valence-electron chi connectivity index (χ3n) is 3.57. The standard InChI is InChI=1S/C17H19N3O6S/c1-12-7-8-16(15(9-12)20(22)23)26-11-17(21)18-13-5-4-6-14(10-13)27(24,25)19(2)3/h4-10H,11H2,1-3H3,(H,18,21). The number of hydrogen-bond donors (Lipinski definition) is 1. The second kappa shape index (κ2) is 8.14. The Morgan fingerprint density at radius 2 is 1.93 bits per heavy atom. The number of nitrogens with zero attached hydrogens (tertiary/aromatic N) is 2. The Kier molecular flexibility index (Phi) is 6.13. The summed E-state index contributed by atoms with van der Waals surface area (Å²) in [5.74, 6) is -0.603. The van der Waals surface area contributed by atoms with E-state index < -0.39 is 27.5 Å². The Labute approximate surface area is 156 Å². The number of nitrogens with one attached hydrogen (secondary N) is 1. The van der Waals surface area contributed by atoms with Gasteiger partial charge in [-0.3, -0.25) is 14.9 Å². The fourth-order valence-corrected chi connectivity index (χ4v) is 3.13. The normalized spacial score (nSPS) is 11.3. The van der Waals surface area contributed by atoms with Crippen LogP contribution in [0.3, 0.4) is 0 Å². The van der Waals surface area contributed by atoms with E-state index in [4.69, 9.17) is 4.74 Å². The molecule has 0 saturated heterocycles. The molecule has 0 radical (unpaired) electrons.